The van der Waals surface area contributed by atoms with Gasteiger partial charge in [0.2, 0.25) is 10.0 Å². The van der Waals surface area contributed by atoms with Crippen LogP contribution in [0.3, 0.4) is 0 Å². The molecule has 0 heterocycles. The molecule has 0 amide bonds. The first-order chi connectivity index (χ1) is 6.98. The molecule has 0 aliphatic heterocycles. The van der Waals surface area contributed by atoms with Gasteiger partial charge in [0.15, 0.2) is 0 Å². The summed E-state index contributed by atoms with van der Waals surface area (Å²) in [6.45, 7) is 2.63. The zero-order valence-corrected chi connectivity index (χ0v) is 9.62. The van der Waals surface area contributed by atoms with Gasteiger partial charge in [-0.1, -0.05) is 6.92 Å². The van der Waals surface area contributed by atoms with E-state index >= 15 is 0 Å². The van der Waals surface area contributed by atoms with Gasteiger partial charge in [-0.2, -0.15) is 0 Å². The Kier molecular flexibility index (Phi) is 7.81. The Morgan fingerprint density at radius 2 is 1.93 bits per heavy atom. The molecule has 0 bridgehead atoms. The van der Waals surface area contributed by atoms with E-state index in [9.17, 15) is 17.2 Å². The predicted molar refractivity (Wildman–Crippen MR) is 55.6 cm³/mol. The van der Waals surface area contributed by atoms with Gasteiger partial charge >= 0.3 is 0 Å². The zero-order chi connectivity index (χ0) is 11.7. The molecule has 0 aliphatic carbocycles. The van der Waals surface area contributed by atoms with Gasteiger partial charge < -0.3 is 5.32 Å². The largest absolute Gasteiger partial charge is 0.317 e. The molecule has 0 saturated carbocycles. The second-order valence-corrected chi connectivity index (χ2v) is 5.09. The highest BCUT2D eigenvalue weighted by Crippen LogP contribution is 1.93. The van der Waals surface area contributed by atoms with E-state index in [1.807, 2.05) is 11.6 Å². The highest BCUT2D eigenvalue weighted by atomic mass is 32.2. The molecule has 0 spiro atoms. The van der Waals surface area contributed by atoms with Gasteiger partial charge in [0, 0.05) is 0 Å². The van der Waals surface area contributed by atoms with Gasteiger partial charge in [-0.15, -0.1) is 0 Å². The van der Waals surface area contributed by atoms with Crippen molar-refractivity contribution >= 4 is 10.0 Å². The van der Waals surface area contributed by atoms with Crippen LogP contribution in [0.4, 0.5) is 8.78 Å². The Bertz CT molecular complexity index is 245. The Labute approximate surface area is 89.5 Å². The lowest BCUT2D eigenvalue weighted by atomic mass is 10.4. The molecule has 15 heavy (non-hydrogen) atoms. The minimum atomic E-state index is -3.53. The van der Waals surface area contributed by atoms with Crippen LogP contribution in [0.1, 0.15) is 19.8 Å². The fourth-order valence-corrected chi connectivity index (χ4v) is 2.00. The number of sulfonamides is 1. The van der Waals surface area contributed by atoms with E-state index in [0.717, 1.165) is 13.0 Å². The lowest BCUT2D eigenvalue weighted by molar-refractivity contribution is 0.153. The maximum atomic E-state index is 11.7. The lowest BCUT2D eigenvalue weighted by Crippen LogP contribution is -2.31. The van der Waals surface area contributed by atoms with E-state index in [2.05, 4.69) is 5.32 Å². The highest BCUT2D eigenvalue weighted by molar-refractivity contribution is 7.89. The van der Waals surface area contributed by atoms with E-state index < -0.39 is 23.0 Å². The molecule has 92 valence electrons. The maximum absolute atomic E-state index is 11.7. The number of hydrogen-bond acceptors (Lipinski definition) is 3. The molecule has 0 aliphatic rings. The van der Waals surface area contributed by atoms with Crippen molar-refractivity contribution in [3.8, 4) is 0 Å². The van der Waals surface area contributed by atoms with Gasteiger partial charge in [0.05, 0.1) is 12.3 Å². The minimum Gasteiger partial charge on any atom is -0.317 e. The fourth-order valence-electron chi connectivity index (χ4n) is 0.951. The zero-order valence-electron chi connectivity index (χ0n) is 8.80. The number of alkyl halides is 2. The molecule has 0 aromatic heterocycles. The average molecular weight is 244 g/mol. The summed E-state index contributed by atoms with van der Waals surface area (Å²) < 4.78 is 47.5. The number of halogens is 2. The van der Waals surface area contributed by atoms with Gasteiger partial charge in [-0.25, -0.2) is 21.9 Å². The van der Waals surface area contributed by atoms with Crippen LogP contribution >= 0.6 is 0 Å². The molecule has 0 atom stereocenters. The molecule has 7 heteroatoms. The quantitative estimate of drug-likeness (QED) is 0.583. The third kappa shape index (κ3) is 10.0. The molecular formula is C8H18F2N2O2S. The summed E-state index contributed by atoms with van der Waals surface area (Å²) in [5, 5.41) is 3.03. The van der Waals surface area contributed by atoms with Crippen molar-refractivity contribution in [1.29, 1.82) is 0 Å². The van der Waals surface area contributed by atoms with Crippen molar-refractivity contribution in [2.24, 2.45) is 0 Å². The summed E-state index contributed by atoms with van der Waals surface area (Å²) in [4.78, 5) is 0. The van der Waals surface area contributed by atoms with E-state index in [1.54, 1.807) is 0 Å². The molecule has 4 nitrogen and oxygen atoms in total. The van der Waals surface area contributed by atoms with E-state index in [0.29, 0.717) is 13.0 Å². The van der Waals surface area contributed by atoms with Crippen LogP contribution in [-0.4, -0.2) is 40.2 Å². The first kappa shape index (κ1) is 14.7. The Morgan fingerprint density at radius 3 is 2.47 bits per heavy atom. The number of nitrogens with one attached hydrogen (secondary N) is 2. The van der Waals surface area contributed by atoms with Crippen molar-refractivity contribution in [3.05, 3.63) is 0 Å². The first-order valence-corrected chi connectivity index (χ1v) is 6.59. The minimum absolute atomic E-state index is 0.115. The average Bonchev–Trinajstić information content (AvgIpc) is 2.15. The third-order valence-electron chi connectivity index (χ3n) is 1.65. The van der Waals surface area contributed by atoms with E-state index in [4.69, 9.17) is 0 Å². The maximum Gasteiger partial charge on any atom is 0.251 e. The molecule has 0 fully saturated rings. The van der Waals surface area contributed by atoms with Crippen LogP contribution in [0.15, 0.2) is 0 Å². The van der Waals surface area contributed by atoms with Crippen LogP contribution in [0.25, 0.3) is 0 Å². The van der Waals surface area contributed by atoms with Crippen LogP contribution in [0.2, 0.25) is 0 Å². The standard InChI is InChI=1S/C8H18F2N2O2S/c1-2-4-11-5-3-6-15(13,14)12-7-8(9)10/h8,11-12H,2-7H2,1H3. The summed E-state index contributed by atoms with van der Waals surface area (Å²) in [7, 11) is -3.53. The fraction of sp³-hybridized carbons (Fsp3) is 1.00. The summed E-state index contributed by atoms with van der Waals surface area (Å²) in [5.41, 5.74) is 0. The molecule has 0 unspecified atom stereocenters. The topological polar surface area (TPSA) is 58.2 Å². The monoisotopic (exact) mass is 244 g/mol. The van der Waals surface area contributed by atoms with Crippen LogP contribution in [0.5, 0.6) is 0 Å². The smallest absolute Gasteiger partial charge is 0.251 e. The SMILES string of the molecule is CCCNCCCS(=O)(=O)NCC(F)F. The first-order valence-electron chi connectivity index (χ1n) is 4.94. The van der Waals surface area contributed by atoms with Crippen molar-refractivity contribution in [2.45, 2.75) is 26.2 Å². The Balaban J connectivity index is 3.56. The van der Waals surface area contributed by atoms with Gasteiger partial charge in [0.25, 0.3) is 6.43 Å². The van der Waals surface area contributed by atoms with Gasteiger partial charge in [-0.05, 0) is 25.9 Å². The van der Waals surface area contributed by atoms with Gasteiger partial charge in [-0.3, -0.25) is 0 Å². The normalized spacial score (nSPS) is 12.3. The van der Waals surface area contributed by atoms with Crippen molar-refractivity contribution in [3.63, 3.8) is 0 Å². The lowest BCUT2D eigenvalue weighted by Gasteiger charge is -2.06. The molecule has 0 rings (SSSR count). The number of rotatable bonds is 9. The van der Waals surface area contributed by atoms with E-state index in [-0.39, 0.29) is 5.75 Å². The van der Waals surface area contributed by atoms with Gasteiger partial charge in [0.1, 0.15) is 0 Å². The summed E-state index contributed by atoms with van der Waals surface area (Å²) in [6, 6.07) is 0. The predicted octanol–water partition coefficient (Wildman–Crippen LogP) is 0.561. The molecule has 0 aromatic carbocycles. The summed E-state index contributed by atoms with van der Waals surface area (Å²) in [5.74, 6) is -0.115. The van der Waals surface area contributed by atoms with Crippen LogP contribution in [0, 0.1) is 0 Å². The highest BCUT2D eigenvalue weighted by Gasteiger charge is 2.12. The van der Waals surface area contributed by atoms with Crippen LogP contribution < -0.4 is 10.0 Å². The summed E-state index contributed by atoms with van der Waals surface area (Å²) in [6.07, 6.45) is -1.23. The molecule has 0 saturated heterocycles. The Morgan fingerprint density at radius 1 is 1.27 bits per heavy atom. The second kappa shape index (κ2) is 7.95. The molecule has 0 aromatic rings. The van der Waals surface area contributed by atoms with Crippen molar-refractivity contribution in [1.82, 2.24) is 10.0 Å². The number of hydrogen-bond donors (Lipinski definition) is 2. The molecular weight excluding hydrogens is 226 g/mol. The third-order valence-corrected chi connectivity index (χ3v) is 3.08. The molecule has 0 radical (unpaired) electrons. The molecule has 2 N–H and O–H groups in total. The van der Waals surface area contributed by atoms with Crippen LogP contribution in [-0.2, 0) is 10.0 Å². The van der Waals surface area contributed by atoms with Crippen molar-refractivity contribution in [2.75, 3.05) is 25.4 Å². The summed E-state index contributed by atoms with van der Waals surface area (Å²) >= 11 is 0. The second-order valence-electron chi connectivity index (χ2n) is 3.16. The van der Waals surface area contributed by atoms with E-state index in [1.165, 1.54) is 0 Å². The van der Waals surface area contributed by atoms with Crippen molar-refractivity contribution < 1.29 is 17.2 Å². The Hall–Kier alpha value is -0.270.